The molecule has 0 bridgehead atoms. The highest BCUT2D eigenvalue weighted by Gasteiger charge is 2.24. The Labute approximate surface area is 137 Å². The van der Waals surface area contributed by atoms with Crippen LogP contribution in [0.15, 0.2) is 24.3 Å². The molecule has 1 fully saturated rings. The molecule has 1 aliphatic heterocycles. The maximum absolute atomic E-state index is 12.3. The monoisotopic (exact) mass is 312 g/mol. The molecule has 1 atom stereocenters. The predicted octanol–water partition coefficient (Wildman–Crippen LogP) is 3.70. The van der Waals surface area contributed by atoms with Gasteiger partial charge in [-0.1, -0.05) is 24.6 Å². The molecule has 1 aromatic carbocycles. The van der Waals surface area contributed by atoms with Crippen LogP contribution in [-0.4, -0.2) is 35.5 Å². The largest absolute Gasteiger partial charge is 0.465 e. The zero-order valence-corrected chi connectivity index (χ0v) is 14.1. The SMILES string of the molecule is COC(=O)c1c(CN2CCCC[C@@H]2C)nc2ccccc2c1C. The third-order valence-electron chi connectivity index (χ3n) is 4.91. The highest BCUT2D eigenvalue weighted by atomic mass is 16.5. The van der Waals surface area contributed by atoms with Gasteiger partial charge in [0.25, 0.3) is 0 Å². The first-order valence-electron chi connectivity index (χ1n) is 8.32. The Bertz CT molecular complexity index is 727. The van der Waals surface area contributed by atoms with E-state index in [2.05, 4.69) is 11.8 Å². The Morgan fingerprint density at radius 1 is 1.35 bits per heavy atom. The van der Waals surface area contributed by atoms with Crippen LogP contribution in [0.1, 0.15) is 47.8 Å². The first kappa shape index (κ1) is 15.9. The number of pyridine rings is 1. The number of esters is 1. The lowest BCUT2D eigenvalue weighted by Gasteiger charge is -2.33. The number of rotatable bonds is 3. The second kappa shape index (κ2) is 6.67. The van der Waals surface area contributed by atoms with Gasteiger partial charge < -0.3 is 4.74 Å². The van der Waals surface area contributed by atoms with Crippen LogP contribution in [0.25, 0.3) is 10.9 Å². The molecule has 0 radical (unpaired) electrons. The van der Waals surface area contributed by atoms with E-state index in [4.69, 9.17) is 9.72 Å². The minimum atomic E-state index is -0.291. The summed E-state index contributed by atoms with van der Waals surface area (Å²) in [6, 6.07) is 8.51. The highest BCUT2D eigenvalue weighted by molar-refractivity contribution is 5.98. The molecule has 0 unspecified atom stereocenters. The molecule has 1 aliphatic rings. The van der Waals surface area contributed by atoms with E-state index in [1.165, 1.54) is 26.4 Å². The lowest BCUT2D eigenvalue weighted by molar-refractivity contribution is 0.0595. The van der Waals surface area contributed by atoms with Crippen LogP contribution in [0.4, 0.5) is 0 Å². The second-order valence-corrected chi connectivity index (χ2v) is 6.38. The van der Waals surface area contributed by atoms with Gasteiger partial charge in [0.15, 0.2) is 0 Å². The summed E-state index contributed by atoms with van der Waals surface area (Å²) in [4.78, 5) is 19.6. The maximum Gasteiger partial charge on any atom is 0.340 e. The fourth-order valence-electron chi connectivity index (χ4n) is 3.51. The molecule has 2 heterocycles. The van der Waals surface area contributed by atoms with Crippen LogP contribution in [0, 0.1) is 6.92 Å². The number of hydrogen-bond donors (Lipinski definition) is 0. The van der Waals surface area contributed by atoms with Gasteiger partial charge in [0.05, 0.1) is 23.9 Å². The van der Waals surface area contributed by atoms with Crippen molar-refractivity contribution in [1.29, 1.82) is 0 Å². The van der Waals surface area contributed by atoms with Gasteiger partial charge in [-0.2, -0.15) is 0 Å². The zero-order chi connectivity index (χ0) is 16.4. The molecule has 0 aliphatic carbocycles. The molecule has 4 nitrogen and oxygen atoms in total. The number of aromatic nitrogens is 1. The van der Waals surface area contributed by atoms with Crippen molar-refractivity contribution in [2.45, 2.75) is 45.7 Å². The minimum absolute atomic E-state index is 0.291. The van der Waals surface area contributed by atoms with E-state index in [0.29, 0.717) is 18.2 Å². The molecule has 1 saturated heterocycles. The van der Waals surface area contributed by atoms with Crippen molar-refractivity contribution in [3.05, 3.63) is 41.1 Å². The van der Waals surface area contributed by atoms with Crippen molar-refractivity contribution in [1.82, 2.24) is 9.88 Å². The van der Waals surface area contributed by atoms with E-state index in [1.807, 2.05) is 31.2 Å². The molecule has 0 saturated carbocycles. The maximum atomic E-state index is 12.3. The van der Waals surface area contributed by atoms with Crippen LogP contribution in [0.2, 0.25) is 0 Å². The fourth-order valence-corrected chi connectivity index (χ4v) is 3.51. The fraction of sp³-hybridized carbons (Fsp3) is 0.474. The standard InChI is InChI=1S/C19H24N2O2/c1-13-8-6-7-11-21(13)12-17-18(19(22)23-3)14(2)15-9-4-5-10-16(15)20-17/h4-5,9-10,13H,6-8,11-12H2,1-3H3/t13-/m0/s1. The lowest BCUT2D eigenvalue weighted by atomic mass is 9.99. The van der Waals surface area contributed by atoms with Crippen LogP contribution in [0.5, 0.6) is 0 Å². The van der Waals surface area contributed by atoms with Crippen molar-refractivity contribution < 1.29 is 9.53 Å². The lowest BCUT2D eigenvalue weighted by Crippen LogP contribution is -2.37. The number of benzene rings is 1. The molecule has 0 N–H and O–H groups in total. The quantitative estimate of drug-likeness (QED) is 0.810. The van der Waals surface area contributed by atoms with Crippen molar-refractivity contribution in [2.24, 2.45) is 0 Å². The molecular weight excluding hydrogens is 288 g/mol. The van der Waals surface area contributed by atoms with E-state index in [1.54, 1.807) is 0 Å². The third-order valence-corrected chi connectivity index (χ3v) is 4.91. The van der Waals surface area contributed by atoms with E-state index in [0.717, 1.165) is 28.7 Å². The number of likely N-dealkylation sites (tertiary alicyclic amines) is 1. The number of para-hydroxylation sites is 1. The van der Waals surface area contributed by atoms with Crippen molar-refractivity contribution in [3.63, 3.8) is 0 Å². The van der Waals surface area contributed by atoms with Gasteiger partial charge in [-0.15, -0.1) is 0 Å². The number of carbonyl (C=O) groups excluding carboxylic acids is 1. The van der Waals surface area contributed by atoms with Gasteiger partial charge in [-0.25, -0.2) is 4.79 Å². The summed E-state index contributed by atoms with van der Waals surface area (Å²) in [7, 11) is 1.43. The number of methoxy groups -OCH3 is 1. The van der Waals surface area contributed by atoms with Gasteiger partial charge in [0, 0.05) is 18.0 Å². The van der Waals surface area contributed by atoms with Gasteiger partial charge in [0.1, 0.15) is 0 Å². The Morgan fingerprint density at radius 3 is 2.87 bits per heavy atom. The second-order valence-electron chi connectivity index (χ2n) is 6.38. The summed E-state index contributed by atoms with van der Waals surface area (Å²) in [6.07, 6.45) is 3.70. The summed E-state index contributed by atoms with van der Waals surface area (Å²) in [6.45, 7) is 6.01. The number of hydrogen-bond acceptors (Lipinski definition) is 4. The first-order chi connectivity index (χ1) is 11.1. The summed E-state index contributed by atoms with van der Waals surface area (Å²) >= 11 is 0. The molecule has 3 rings (SSSR count). The minimum Gasteiger partial charge on any atom is -0.465 e. The van der Waals surface area contributed by atoms with Crippen LogP contribution >= 0.6 is 0 Å². The van der Waals surface area contributed by atoms with Crippen molar-refractivity contribution in [2.75, 3.05) is 13.7 Å². The number of piperidine rings is 1. The predicted molar refractivity (Wildman–Crippen MR) is 91.5 cm³/mol. The number of fused-ring (bicyclic) bond motifs is 1. The molecule has 0 amide bonds. The van der Waals surface area contributed by atoms with Crippen molar-refractivity contribution in [3.8, 4) is 0 Å². The Balaban J connectivity index is 2.08. The third kappa shape index (κ3) is 3.08. The first-order valence-corrected chi connectivity index (χ1v) is 8.32. The number of nitrogens with zero attached hydrogens (tertiary/aromatic N) is 2. The topological polar surface area (TPSA) is 42.4 Å². The summed E-state index contributed by atoms with van der Waals surface area (Å²) < 4.78 is 5.03. The van der Waals surface area contributed by atoms with Crippen LogP contribution in [-0.2, 0) is 11.3 Å². The molecule has 2 aromatic rings. The number of aryl methyl sites for hydroxylation is 1. The van der Waals surface area contributed by atoms with Gasteiger partial charge in [-0.05, 0) is 44.9 Å². The zero-order valence-electron chi connectivity index (χ0n) is 14.1. The normalized spacial score (nSPS) is 19.0. The Morgan fingerprint density at radius 2 is 2.13 bits per heavy atom. The smallest absolute Gasteiger partial charge is 0.340 e. The molecule has 4 heteroatoms. The Kier molecular flexibility index (Phi) is 4.62. The summed E-state index contributed by atoms with van der Waals surface area (Å²) in [5.41, 5.74) is 3.37. The average molecular weight is 312 g/mol. The average Bonchev–Trinajstić information content (AvgIpc) is 2.57. The highest BCUT2D eigenvalue weighted by Crippen LogP contribution is 2.26. The van der Waals surface area contributed by atoms with E-state index in [-0.39, 0.29) is 5.97 Å². The number of carbonyl (C=O) groups is 1. The number of ether oxygens (including phenoxy) is 1. The van der Waals surface area contributed by atoms with E-state index < -0.39 is 0 Å². The van der Waals surface area contributed by atoms with E-state index >= 15 is 0 Å². The van der Waals surface area contributed by atoms with E-state index in [9.17, 15) is 4.79 Å². The molecule has 0 spiro atoms. The molecule has 122 valence electrons. The van der Waals surface area contributed by atoms with Gasteiger partial charge in [0.2, 0.25) is 0 Å². The van der Waals surface area contributed by atoms with Crippen LogP contribution in [0.3, 0.4) is 0 Å². The van der Waals surface area contributed by atoms with Gasteiger partial charge >= 0.3 is 5.97 Å². The summed E-state index contributed by atoms with van der Waals surface area (Å²) in [5, 5.41) is 1.02. The van der Waals surface area contributed by atoms with Crippen LogP contribution < -0.4 is 0 Å². The molecule has 1 aromatic heterocycles. The van der Waals surface area contributed by atoms with Gasteiger partial charge in [-0.3, -0.25) is 9.88 Å². The summed E-state index contributed by atoms with van der Waals surface area (Å²) in [5.74, 6) is -0.291. The Hall–Kier alpha value is -1.94. The molecule has 23 heavy (non-hydrogen) atoms. The van der Waals surface area contributed by atoms with Crippen molar-refractivity contribution >= 4 is 16.9 Å². The molecular formula is C19H24N2O2.